The molecule has 0 amide bonds. The van der Waals surface area contributed by atoms with Crippen molar-refractivity contribution in [1.82, 2.24) is 5.32 Å². The lowest BCUT2D eigenvalue weighted by Gasteiger charge is -2.56. The molecule has 2 heterocycles. The molecule has 0 aromatic heterocycles. The van der Waals surface area contributed by atoms with Gasteiger partial charge in [-0.1, -0.05) is 32.9 Å². The lowest BCUT2D eigenvalue weighted by Crippen LogP contribution is -2.69. The molecule has 3 atom stereocenters. The van der Waals surface area contributed by atoms with Gasteiger partial charge in [0.1, 0.15) is 5.75 Å². The minimum Gasteiger partial charge on any atom is -0.467 e. The molecule has 7 heteroatoms. The highest BCUT2D eigenvalue weighted by Crippen LogP contribution is 2.49. The van der Waals surface area contributed by atoms with E-state index in [1.807, 2.05) is 11.8 Å². The zero-order chi connectivity index (χ0) is 20.2. The molecule has 1 saturated heterocycles. The zero-order valence-electron chi connectivity index (χ0n) is 16.3. The van der Waals surface area contributed by atoms with Gasteiger partial charge < -0.3 is 10.1 Å². The molecule has 2 aliphatic rings. The second kappa shape index (κ2) is 6.44. The van der Waals surface area contributed by atoms with Crippen LogP contribution in [-0.2, 0) is 0 Å². The average molecular weight is 398 g/mol. The highest BCUT2D eigenvalue weighted by molar-refractivity contribution is 7.80. The van der Waals surface area contributed by atoms with Gasteiger partial charge in [0.25, 0.3) is 5.69 Å². The molecule has 0 spiro atoms. The van der Waals surface area contributed by atoms with E-state index in [2.05, 4.69) is 50.4 Å². The van der Waals surface area contributed by atoms with Gasteiger partial charge in [-0.2, -0.15) is 0 Å². The lowest BCUT2D eigenvalue weighted by atomic mass is 9.80. The number of thiocarbonyl (C=S) groups is 1. The summed E-state index contributed by atoms with van der Waals surface area (Å²) < 4.78 is 6.43. The zero-order valence-corrected chi connectivity index (χ0v) is 17.1. The molecule has 0 saturated carbocycles. The summed E-state index contributed by atoms with van der Waals surface area (Å²) in [6.07, 6.45) is 0. The van der Waals surface area contributed by atoms with Crippen molar-refractivity contribution in [3.8, 4) is 5.75 Å². The Balaban J connectivity index is 1.78. The molecular weight excluding hydrogens is 374 g/mol. The quantitative estimate of drug-likeness (QED) is 0.451. The van der Waals surface area contributed by atoms with Gasteiger partial charge in [0, 0.05) is 29.3 Å². The Hall–Kier alpha value is -2.67. The maximum Gasteiger partial charge on any atom is 0.270 e. The number of anilines is 1. The smallest absolute Gasteiger partial charge is 0.270 e. The third-order valence-electron chi connectivity index (χ3n) is 5.94. The van der Waals surface area contributed by atoms with Crippen LogP contribution in [0.5, 0.6) is 5.75 Å². The number of nitrogens with zero attached hydrogens (tertiary/aromatic N) is 2. The number of hydrogen-bond donors (Lipinski definition) is 1. The second-order valence-corrected chi connectivity index (χ2v) is 8.32. The monoisotopic (exact) mass is 397 g/mol. The molecule has 2 aliphatic heterocycles. The minimum absolute atomic E-state index is 0.0125. The van der Waals surface area contributed by atoms with E-state index >= 15 is 0 Å². The summed E-state index contributed by atoms with van der Waals surface area (Å²) in [5.74, 6) is 1.11. The first-order valence-electron chi connectivity index (χ1n) is 9.40. The molecule has 0 radical (unpaired) electrons. The number of rotatable bonds is 3. The Bertz CT molecular complexity index is 960. The van der Waals surface area contributed by atoms with Crippen LogP contribution < -0.4 is 15.0 Å². The Morgan fingerprint density at radius 2 is 1.93 bits per heavy atom. The summed E-state index contributed by atoms with van der Waals surface area (Å²) in [5, 5.41) is 15.1. The van der Waals surface area contributed by atoms with Crippen LogP contribution in [0.15, 0.2) is 42.5 Å². The number of non-ortho nitro benzene ring substituents is 1. The van der Waals surface area contributed by atoms with Crippen LogP contribution in [0.1, 0.15) is 50.8 Å². The van der Waals surface area contributed by atoms with E-state index in [0.717, 1.165) is 11.3 Å². The summed E-state index contributed by atoms with van der Waals surface area (Å²) in [6.45, 7) is 8.43. The summed E-state index contributed by atoms with van der Waals surface area (Å²) in [7, 11) is 0. The van der Waals surface area contributed by atoms with E-state index in [1.165, 1.54) is 11.6 Å². The number of benzene rings is 2. The van der Waals surface area contributed by atoms with Crippen LogP contribution in [0, 0.1) is 16.0 Å². The van der Waals surface area contributed by atoms with E-state index in [4.69, 9.17) is 17.0 Å². The van der Waals surface area contributed by atoms with Crippen LogP contribution in [0.3, 0.4) is 0 Å². The molecule has 2 bridgehead atoms. The fourth-order valence-corrected chi connectivity index (χ4v) is 4.53. The van der Waals surface area contributed by atoms with E-state index in [-0.39, 0.29) is 22.6 Å². The largest absolute Gasteiger partial charge is 0.467 e. The Kier molecular flexibility index (Phi) is 4.30. The molecule has 0 unspecified atom stereocenters. The van der Waals surface area contributed by atoms with Gasteiger partial charge in [0.2, 0.25) is 0 Å². The van der Waals surface area contributed by atoms with Crippen LogP contribution >= 0.6 is 12.2 Å². The number of nitro groups is 1. The predicted octanol–water partition coefficient (Wildman–Crippen LogP) is 4.90. The third-order valence-corrected chi connectivity index (χ3v) is 6.25. The Labute approximate surface area is 169 Å². The summed E-state index contributed by atoms with van der Waals surface area (Å²) in [6, 6.07) is 13.0. The molecule has 0 aliphatic carbocycles. The van der Waals surface area contributed by atoms with Crippen LogP contribution in [0.25, 0.3) is 0 Å². The van der Waals surface area contributed by atoms with Crippen molar-refractivity contribution in [1.29, 1.82) is 0 Å². The highest BCUT2D eigenvalue weighted by atomic mass is 32.1. The number of ether oxygens (including phenoxy) is 1. The van der Waals surface area contributed by atoms with Crippen molar-refractivity contribution in [3.63, 3.8) is 0 Å². The van der Waals surface area contributed by atoms with Gasteiger partial charge in [-0.15, -0.1) is 0 Å². The normalized spacial score (nSPS) is 25.8. The highest BCUT2D eigenvalue weighted by Gasteiger charge is 2.54. The number of nitrogens with one attached hydrogen (secondary N) is 1. The van der Waals surface area contributed by atoms with E-state index < -0.39 is 5.72 Å². The van der Waals surface area contributed by atoms with Crippen molar-refractivity contribution in [2.45, 2.75) is 45.4 Å². The molecule has 146 valence electrons. The van der Waals surface area contributed by atoms with Crippen LogP contribution in [0.2, 0.25) is 0 Å². The van der Waals surface area contributed by atoms with Crippen molar-refractivity contribution in [3.05, 3.63) is 63.7 Å². The lowest BCUT2D eigenvalue weighted by molar-refractivity contribution is -0.385. The van der Waals surface area contributed by atoms with E-state index in [0.29, 0.717) is 16.8 Å². The van der Waals surface area contributed by atoms with Gasteiger partial charge in [-0.3, -0.25) is 15.0 Å². The molecule has 4 rings (SSSR count). The van der Waals surface area contributed by atoms with Gasteiger partial charge in [-0.05, 0) is 48.8 Å². The number of hydrogen-bond acceptors (Lipinski definition) is 4. The van der Waals surface area contributed by atoms with Crippen molar-refractivity contribution in [2.75, 3.05) is 4.90 Å². The predicted molar refractivity (Wildman–Crippen MR) is 113 cm³/mol. The number of fused-ring (bicyclic) bond motifs is 4. The van der Waals surface area contributed by atoms with Crippen molar-refractivity contribution >= 4 is 28.7 Å². The first-order chi connectivity index (χ1) is 13.2. The second-order valence-electron chi connectivity index (χ2n) is 7.93. The minimum atomic E-state index is -0.699. The van der Waals surface area contributed by atoms with Gasteiger partial charge in [-0.25, -0.2) is 0 Å². The van der Waals surface area contributed by atoms with Gasteiger partial charge in [0.15, 0.2) is 10.8 Å². The van der Waals surface area contributed by atoms with E-state index in [9.17, 15) is 10.1 Å². The molecule has 1 N–H and O–H groups in total. The fourth-order valence-electron chi connectivity index (χ4n) is 4.11. The molecule has 1 fully saturated rings. The Morgan fingerprint density at radius 3 is 2.54 bits per heavy atom. The molecule has 2 aromatic rings. The average Bonchev–Trinajstić information content (AvgIpc) is 2.64. The summed E-state index contributed by atoms with van der Waals surface area (Å²) in [4.78, 5) is 12.8. The standard InChI is InChI=1S/C21H23N3O3S/c1-12(2)14-5-7-15(8-6-14)23-20(28)22-19-13(3)21(23,4)27-18-10-9-16(24(25)26)11-17(18)19/h5-13,19H,1-4H3,(H,22,28)/t13-,19-,21+/m1/s1. The topological polar surface area (TPSA) is 67.6 Å². The number of nitro benzene ring substituents is 1. The van der Waals surface area contributed by atoms with E-state index in [1.54, 1.807) is 12.1 Å². The fraction of sp³-hybridized carbons (Fsp3) is 0.381. The SMILES string of the molecule is CC(C)c1ccc(N2C(=S)N[C@H]3c4cc([N+](=O)[O-])ccc4O[C@@]2(C)[C@@H]3C)cc1. The maximum absolute atomic E-state index is 11.2. The first-order valence-corrected chi connectivity index (χ1v) is 9.81. The molecular formula is C21H23N3O3S. The summed E-state index contributed by atoms with van der Waals surface area (Å²) >= 11 is 5.69. The summed E-state index contributed by atoms with van der Waals surface area (Å²) in [5.41, 5.74) is 2.35. The first kappa shape index (κ1) is 18.7. The van der Waals surface area contributed by atoms with Crippen LogP contribution in [-0.4, -0.2) is 15.8 Å². The van der Waals surface area contributed by atoms with Crippen molar-refractivity contribution < 1.29 is 9.66 Å². The van der Waals surface area contributed by atoms with Crippen LogP contribution in [0.4, 0.5) is 11.4 Å². The van der Waals surface area contributed by atoms with Gasteiger partial charge in [0.05, 0.1) is 11.0 Å². The molecule has 6 nitrogen and oxygen atoms in total. The van der Waals surface area contributed by atoms with Crippen molar-refractivity contribution in [2.24, 2.45) is 5.92 Å². The third kappa shape index (κ3) is 2.73. The van der Waals surface area contributed by atoms with Gasteiger partial charge >= 0.3 is 0 Å². The maximum atomic E-state index is 11.2. The molecule has 2 aromatic carbocycles. The molecule has 28 heavy (non-hydrogen) atoms. The Morgan fingerprint density at radius 1 is 1.25 bits per heavy atom.